The van der Waals surface area contributed by atoms with Gasteiger partial charge in [-0.25, -0.2) is 9.07 Å². The van der Waals surface area contributed by atoms with Crippen LogP contribution >= 0.6 is 0 Å². The molecule has 1 saturated carbocycles. The van der Waals surface area contributed by atoms with Gasteiger partial charge in [0.1, 0.15) is 5.82 Å². The summed E-state index contributed by atoms with van der Waals surface area (Å²) in [5, 5.41) is 33.9. The number of amides is 1. The zero-order valence-electron chi connectivity index (χ0n) is 21.4. The first-order valence-corrected chi connectivity index (χ1v) is 12.8. The Morgan fingerprint density at radius 2 is 1.78 bits per heavy atom. The molecule has 0 aliphatic heterocycles. The fraction of sp³-hybridized carbons (Fsp3) is 0.593. The van der Waals surface area contributed by atoms with Crippen LogP contribution in [-0.4, -0.2) is 67.7 Å². The smallest absolute Gasteiger partial charge is 0.305 e. The van der Waals surface area contributed by atoms with E-state index in [1.807, 2.05) is 13.8 Å². The number of halogens is 1. The molecule has 2 aromatic rings. The van der Waals surface area contributed by atoms with E-state index in [-0.39, 0.29) is 30.5 Å². The SMILES string of the molecule is CC(C)c1c(C(=O)N(C)CC2CCCC2)nn(-c2ccc(F)cc2)c1CCC(O)CC(O)CC(=O)O. The van der Waals surface area contributed by atoms with Gasteiger partial charge in [-0.05, 0) is 68.2 Å². The molecule has 0 spiro atoms. The highest BCUT2D eigenvalue weighted by Gasteiger charge is 2.29. The Morgan fingerprint density at radius 3 is 2.36 bits per heavy atom. The number of carboxylic acids is 1. The molecule has 0 radical (unpaired) electrons. The van der Waals surface area contributed by atoms with E-state index in [0.29, 0.717) is 30.3 Å². The van der Waals surface area contributed by atoms with Gasteiger partial charge in [0.25, 0.3) is 5.91 Å². The van der Waals surface area contributed by atoms with Crippen molar-refractivity contribution in [2.24, 2.45) is 5.92 Å². The number of carbonyl (C=O) groups excluding carboxylic acids is 1. The van der Waals surface area contributed by atoms with Gasteiger partial charge in [0.2, 0.25) is 0 Å². The predicted octanol–water partition coefficient (Wildman–Crippen LogP) is 3.92. The third-order valence-corrected chi connectivity index (χ3v) is 6.90. The highest BCUT2D eigenvalue weighted by Crippen LogP contribution is 2.30. The molecule has 198 valence electrons. The summed E-state index contributed by atoms with van der Waals surface area (Å²) >= 11 is 0. The second kappa shape index (κ2) is 12.5. The number of aliphatic hydroxyl groups is 2. The standard InChI is InChI=1S/C27H38FN3O5/c1-17(2)25-23(13-12-21(32)14-22(33)15-24(34)35)31(20-10-8-19(28)9-11-20)29-26(25)27(36)30(3)16-18-6-4-5-7-18/h8-11,17-18,21-22,32-33H,4-7,12-16H2,1-3H3,(H,34,35). The summed E-state index contributed by atoms with van der Waals surface area (Å²) in [5.41, 5.74) is 2.47. The number of carboxylic acid groups (broad SMARTS) is 1. The number of aromatic nitrogens is 2. The van der Waals surface area contributed by atoms with Gasteiger partial charge in [-0.1, -0.05) is 26.7 Å². The summed E-state index contributed by atoms with van der Waals surface area (Å²) in [7, 11) is 1.80. The third kappa shape index (κ3) is 7.13. The normalized spacial score (nSPS) is 15.9. The molecule has 3 rings (SSSR count). The van der Waals surface area contributed by atoms with Crippen molar-refractivity contribution >= 4 is 11.9 Å². The van der Waals surface area contributed by atoms with E-state index in [0.717, 1.165) is 24.1 Å². The molecular formula is C27H38FN3O5. The van der Waals surface area contributed by atoms with E-state index in [1.54, 1.807) is 28.8 Å². The lowest BCUT2D eigenvalue weighted by atomic mass is 9.95. The van der Waals surface area contributed by atoms with Crippen molar-refractivity contribution in [2.75, 3.05) is 13.6 Å². The van der Waals surface area contributed by atoms with Gasteiger partial charge in [-0.2, -0.15) is 5.10 Å². The summed E-state index contributed by atoms with van der Waals surface area (Å²) in [6, 6.07) is 5.86. The van der Waals surface area contributed by atoms with Crippen molar-refractivity contribution in [3.63, 3.8) is 0 Å². The number of benzene rings is 1. The van der Waals surface area contributed by atoms with E-state index in [4.69, 9.17) is 10.2 Å². The molecule has 8 nitrogen and oxygen atoms in total. The van der Waals surface area contributed by atoms with Crippen LogP contribution in [0.2, 0.25) is 0 Å². The van der Waals surface area contributed by atoms with Gasteiger partial charge < -0.3 is 20.2 Å². The van der Waals surface area contributed by atoms with E-state index in [1.165, 1.54) is 25.0 Å². The number of rotatable bonds is 12. The molecule has 1 aliphatic rings. The lowest BCUT2D eigenvalue weighted by molar-refractivity contribution is -0.139. The van der Waals surface area contributed by atoms with Crippen LogP contribution in [-0.2, 0) is 11.2 Å². The van der Waals surface area contributed by atoms with Crippen LogP contribution in [0.15, 0.2) is 24.3 Å². The Hall–Kier alpha value is -2.78. The summed E-state index contributed by atoms with van der Waals surface area (Å²) < 4.78 is 15.3. The fourth-order valence-corrected chi connectivity index (χ4v) is 5.13. The van der Waals surface area contributed by atoms with Crippen molar-refractivity contribution in [3.8, 4) is 5.69 Å². The Morgan fingerprint density at radius 1 is 1.14 bits per heavy atom. The number of hydrogen-bond donors (Lipinski definition) is 3. The zero-order valence-corrected chi connectivity index (χ0v) is 21.4. The van der Waals surface area contributed by atoms with Gasteiger partial charge in [0.05, 0.1) is 24.3 Å². The largest absolute Gasteiger partial charge is 0.481 e. The highest BCUT2D eigenvalue weighted by molar-refractivity contribution is 5.94. The second-order valence-corrected chi connectivity index (χ2v) is 10.3. The first-order chi connectivity index (χ1) is 17.1. The van der Waals surface area contributed by atoms with Crippen molar-refractivity contribution < 1.29 is 29.3 Å². The zero-order chi connectivity index (χ0) is 26.4. The quantitative estimate of drug-likeness (QED) is 0.404. The Balaban J connectivity index is 1.91. The van der Waals surface area contributed by atoms with Crippen molar-refractivity contribution in [3.05, 3.63) is 47.0 Å². The summed E-state index contributed by atoms with van der Waals surface area (Å²) in [4.78, 5) is 26.1. The first kappa shape index (κ1) is 27.8. The van der Waals surface area contributed by atoms with Gasteiger partial charge in [0.15, 0.2) is 5.69 Å². The number of carbonyl (C=O) groups is 2. The molecule has 0 bridgehead atoms. The first-order valence-electron chi connectivity index (χ1n) is 12.8. The third-order valence-electron chi connectivity index (χ3n) is 6.90. The monoisotopic (exact) mass is 503 g/mol. The molecule has 36 heavy (non-hydrogen) atoms. The van der Waals surface area contributed by atoms with Gasteiger partial charge >= 0.3 is 5.97 Å². The Bertz CT molecular complexity index is 1030. The van der Waals surface area contributed by atoms with Crippen LogP contribution in [0, 0.1) is 11.7 Å². The van der Waals surface area contributed by atoms with Gasteiger partial charge in [0, 0.05) is 24.8 Å². The minimum Gasteiger partial charge on any atom is -0.481 e. The lowest BCUT2D eigenvalue weighted by Crippen LogP contribution is -2.32. The molecule has 1 amide bonds. The molecule has 1 aromatic carbocycles. The van der Waals surface area contributed by atoms with E-state index < -0.39 is 24.6 Å². The Labute approximate surface area is 211 Å². The van der Waals surface area contributed by atoms with Crippen LogP contribution in [0.3, 0.4) is 0 Å². The number of aliphatic hydroxyl groups excluding tert-OH is 2. The van der Waals surface area contributed by atoms with Crippen LogP contribution < -0.4 is 0 Å². The molecule has 0 saturated heterocycles. The molecule has 1 aromatic heterocycles. The van der Waals surface area contributed by atoms with Crippen molar-refractivity contribution in [1.29, 1.82) is 0 Å². The molecule has 3 N–H and O–H groups in total. The minimum absolute atomic E-state index is 0.0391. The molecule has 9 heteroatoms. The maximum Gasteiger partial charge on any atom is 0.305 e. The maximum atomic E-state index is 13.6. The molecule has 2 unspecified atom stereocenters. The average molecular weight is 504 g/mol. The highest BCUT2D eigenvalue weighted by atomic mass is 19.1. The molecule has 1 aliphatic carbocycles. The van der Waals surface area contributed by atoms with E-state index in [9.17, 15) is 24.2 Å². The summed E-state index contributed by atoms with van der Waals surface area (Å²) in [6.07, 6.45) is 2.63. The number of aliphatic carboxylic acids is 1. The molecule has 2 atom stereocenters. The number of nitrogens with zero attached hydrogens (tertiary/aromatic N) is 3. The van der Waals surface area contributed by atoms with Crippen LogP contribution in [0.25, 0.3) is 5.69 Å². The van der Waals surface area contributed by atoms with E-state index in [2.05, 4.69) is 0 Å². The van der Waals surface area contributed by atoms with Gasteiger partial charge in [-0.15, -0.1) is 0 Å². The molecule has 1 fully saturated rings. The maximum absolute atomic E-state index is 13.6. The van der Waals surface area contributed by atoms with Crippen molar-refractivity contribution in [1.82, 2.24) is 14.7 Å². The van der Waals surface area contributed by atoms with Crippen LogP contribution in [0.1, 0.15) is 86.5 Å². The lowest BCUT2D eigenvalue weighted by Gasteiger charge is -2.21. The van der Waals surface area contributed by atoms with Gasteiger partial charge in [-0.3, -0.25) is 9.59 Å². The van der Waals surface area contributed by atoms with Crippen LogP contribution in [0.4, 0.5) is 4.39 Å². The fourth-order valence-electron chi connectivity index (χ4n) is 5.13. The summed E-state index contributed by atoms with van der Waals surface area (Å²) in [5.74, 6) is -1.22. The minimum atomic E-state index is -1.15. The van der Waals surface area contributed by atoms with Crippen LogP contribution in [0.5, 0.6) is 0 Å². The Kier molecular flexibility index (Phi) is 9.62. The molecular weight excluding hydrogens is 465 g/mol. The molecule has 1 heterocycles. The predicted molar refractivity (Wildman–Crippen MR) is 134 cm³/mol. The average Bonchev–Trinajstić information content (AvgIpc) is 3.44. The summed E-state index contributed by atoms with van der Waals surface area (Å²) in [6.45, 7) is 4.64. The van der Waals surface area contributed by atoms with Crippen molar-refractivity contribution in [2.45, 2.75) is 83.3 Å². The number of hydrogen-bond acceptors (Lipinski definition) is 5. The second-order valence-electron chi connectivity index (χ2n) is 10.3. The topological polar surface area (TPSA) is 116 Å². The van der Waals surface area contributed by atoms with E-state index >= 15 is 0 Å².